The van der Waals surface area contributed by atoms with Crippen molar-refractivity contribution in [3.05, 3.63) is 23.8 Å². The second-order valence-electron chi connectivity index (χ2n) is 4.49. The minimum atomic E-state index is -2.18. The van der Waals surface area contributed by atoms with Crippen molar-refractivity contribution in [3.63, 3.8) is 0 Å². The highest BCUT2D eigenvalue weighted by Crippen LogP contribution is 2.22. The van der Waals surface area contributed by atoms with Crippen LogP contribution in [0.2, 0.25) is 0 Å². The number of rotatable bonds is 8. The molecule has 0 fully saturated rings. The zero-order valence-electron chi connectivity index (χ0n) is 11.0. The monoisotopic (exact) mass is 310 g/mol. The molecule has 0 radical (unpaired) electrons. The summed E-state index contributed by atoms with van der Waals surface area (Å²) in [5, 5.41) is 35.6. The first kappa shape index (κ1) is 17.8. The van der Waals surface area contributed by atoms with Gasteiger partial charge in [0.1, 0.15) is 12.3 Å². The lowest BCUT2D eigenvalue weighted by Crippen LogP contribution is -2.30. The summed E-state index contributed by atoms with van der Waals surface area (Å²) in [5.41, 5.74) is -0.209. The van der Waals surface area contributed by atoms with Gasteiger partial charge in [0, 0.05) is 12.6 Å². The summed E-state index contributed by atoms with van der Waals surface area (Å²) in [6, 6.07) is 0. The zero-order chi connectivity index (χ0) is 16.0. The van der Waals surface area contributed by atoms with E-state index in [4.69, 9.17) is 10.2 Å². The Kier molecular flexibility index (Phi) is 6.96. The van der Waals surface area contributed by atoms with Crippen LogP contribution in [0.3, 0.4) is 0 Å². The van der Waals surface area contributed by atoms with Crippen LogP contribution in [0.4, 0.5) is 13.2 Å². The zero-order valence-corrected chi connectivity index (χ0v) is 11.0. The van der Waals surface area contributed by atoms with Crippen molar-refractivity contribution in [3.8, 4) is 0 Å². The molecule has 0 unspecified atom stereocenters. The van der Waals surface area contributed by atoms with Crippen molar-refractivity contribution in [2.45, 2.75) is 37.1 Å². The average molecular weight is 310 g/mol. The molecule has 1 heterocycles. The van der Waals surface area contributed by atoms with E-state index in [1.165, 1.54) is 0 Å². The van der Waals surface area contributed by atoms with E-state index >= 15 is 0 Å². The maximum Gasteiger partial charge on any atom is 0.172 e. The summed E-state index contributed by atoms with van der Waals surface area (Å²) in [6.45, 7) is -1.87. The van der Waals surface area contributed by atoms with E-state index in [0.29, 0.717) is 0 Å². The summed E-state index contributed by atoms with van der Waals surface area (Å²) < 4.78 is 39.6. The van der Waals surface area contributed by atoms with Crippen molar-refractivity contribution in [1.82, 2.24) is 9.97 Å². The van der Waals surface area contributed by atoms with Crippen molar-refractivity contribution in [2.75, 3.05) is 13.2 Å². The Morgan fingerprint density at radius 1 is 0.952 bits per heavy atom. The first-order chi connectivity index (χ1) is 9.90. The molecule has 4 N–H and O–H groups in total. The van der Waals surface area contributed by atoms with Crippen molar-refractivity contribution in [1.29, 1.82) is 0 Å². The van der Waals surface area contributed by atoms with Gasteiger partial charge in [-0.1, -0.05) is 0 Å². The van der Waals surface area contributed by atoms with Gasteiger partial charge in [-0.3, -0.25) is 9.97 Å². The molecule has 1 aromatic rings. The molecule has 9 heteroatoms. The van der Waals surface area contributed by atoms with Crippen molar-refractivity contribution >= 4 is 0 Å². The van der Waals surface area contributed by atoms with Gasteiger partial charge in [-0.2, -0.15) is 0 Å². The fourth-order valence-corrected chi connectivity index (χ4v) is 1.54. The van der Waals surface area contributed by atoms with Crippen LogP contribution in [0, 0.1) is 0 Å². The van der Waals surface area contributed by atoms with Gasteiger partial charge in [0.25, 0.3) is 0 Å². The third-order valence-corrected chi connectivity index (χ3v) is 2.86. The molecule has 0 aromatic carbocycles. The fraction of sp³-hybridized carbons (Fsp3) is 0.667. The van der Waals surface area contributed by atoms with E-state index in [2.05, 4.69) is 9.97 Å². The van der Waals surface area contributed by atoms with Crippen LogP contribution in [0.1, 0.15) is 17.6 Å². The average Bonchev–Trinajstić information content (AvgIpc) is 2.52. The van der Waals surface area contributed by atoms with Crippen molar-refractivity contribution in [2.24, 2.45) is 0 Å². The lowest BCUT2D eigenvalue weighted by atomic mass is 10.1. The summed E-state index contributed by atoms with van der Waals surface area (Å²) >= 11 is 0. The van der Waals surface area contributed by atoms with Crippen LogP contribution < -0.4 is 0 Å². The lowest BCUT2D eigenvalue weighted by Gasteiger charge is -2.17. The van der Waals surface area contributed by atoms with Gasteiger partial charge in [0.15, 0.2) is 12.3 Å². The molecule has 0 saturated heterocycles. The summed E-state index contributed by atoms with van der Waals surface area (Å²) in [5.74, 6) is 0. The van der Waals surface area contributed by atoms with Gasteiger partial charge in [0.2, 0.25) is 0 Å². The van der Waals surface area contributed by atoms with Gasteiger partial charge in [-0.25, -0.2) is 13.2 Å². The minimum absolute atomic E-state index is 0.142. The third-order valence-electron chi connectivity index (χ3n) is 2.86. The normalized spacial score (nSPS) is 18.8. The number of hydrogen-bond acceptors (Lipinski definition) is 6. The Bertz CT molecular complexity index is 423. The molecule has 0 saturated carbocycles. The standard InChI is InChI=1S/C12H17F3N2O4/c13-7(4-18)10(20)1-6-2-17-9(3-16-6)11(15)12(21)8(14)5-19/h2-3,7-8,10-12,18-21H,1,4-5H2/t7-,8-,10-,11-,12+/m0/s1. The number of aliphatic hydroxyl groups is 4. The van der Waals surface area contributed by atoms with Crippen LogP contribution in [0.25, 0.3) is 0 Å². The van der Waals surface area contributed by atoms with Gasteiger partial charge in [-0.05, 0) is 0 Å². The Labute approximate surface area is 118 Å². The van der Waals surface area contributed by atoms with Crippen molar-refractivity contribution < 1.29 is 33.6 Å². The maximum atomic E-state index is 13.7. The van der Waals surface area contributed by atoms with Crippen LogP contribution in [-0.2, 0) is 6.42 Å². The molecule has 0 aliphatic heterocycles. The second-order valence-corrected chi connectivity index (χ2v) is 4.49. The summed E-state index contributed by atoms with van der Waals surface area (Å²) in [4.78, 5) is 7.33. The van der Waals surface area contributed by atoms with Gasteiger partial charge in [-0.15, -0.1) is 0 Å². The summed E-state index contributed by atoms with van der Waals surface area (Å²) in [7, 11) is 0. The highest BCUT2D eigenvalue weighted by Gasteiger charge is 2.30. The molecule has 0 aliphatic carbocycles. The molecular formula is C12H17F3N2O4. The Hall–Kier alpha value is -1.29. The smallest absolute Gasteiger partial charge is 0.172 e. The van der Waals surface area contributed by atoms with Gasteiger partial charge >= 0.3 is 0 Å². The first-order valence-electron chi connectivity index (χ1n) is 6.21. The number of nitrogens with zero attached hydrogens (tertiary/aromatic N) is 2. The molecule has 6 nitrogen and oxygen atoms in total. The highest BCUT2D eigenvalue weighted by atomic mass is 19.1. The number of hydrogen-bond donors (Lipinski definition) is 4. The Balaban J connectivity index is 2.69. The number of aliphatic hydroxyl groups excluding tert-OH is 4. The molecule has 21 heavy (non-hydrogen) atoms. The molecule has 1 aromatic heterocycles. The molecule has 0 amide bonds. The highest BCUT2D eigenvalue weighted by molar-refractivity contribution is 5.08. The van der Waals surface area contributed by atoms with E-state index in [0.717, 1.165) is 12.4 Å². The Morgan fingerprint density at radius 2 is 1.57 bits per heavy atom. The SMILES string of the molecule is OC[C@H](F)[C@@H](O)[C@@H](F)c1cnc(C[C@H](O)[C@@H](F)CO)cn1. The van der Waals surface area contributed by atoms with E-state index in [9.17, 15) is 23.4 Å². The van der Waals surface area contributed by atoms with Crippen LogP contribution in [-0.4, -0.2) is 68.2 Å². The predicted molar refractivity (Wildman–Crippen MR) is 65.6 cm³/mol. The molecule has 0 aliphatic rings. The minimum Gasteiger partial charge on any atom is -0.393 e. The predicted octanol–water partition coefficient (Wildman–Crippen LogP) is -0.588. The molecule has 0 spiro atoms. The van der Waals surface area contributed by atoms with Crippen LogP contribution >= 0.6 is 0 Å². The number of halogens is 3. The first-order valence-corrected chi connectivity index (χ1v) is 6.21. The van der Waals surface area contributed by atoms with Crippen LogP contribution in [0.5, 0.6) is 0 Å². The quantitative estimate of drug-likeness (QED) is 0.511. The molecular weight excluding hydrogens is 293 g/mol. The molecule has 5 atom stereocenters. The molecule has 1 rings (SSSR count). The van der Waals surface area contributed by atoms with Gasteiger partial charge < -0.3 is 20.4 Å². The van der Waals surface area contributed by atoms with Crippen LogP contribution in [0.15, 0.2) is 12.4 Å². The maximum absolute atomic E-state index is 13.7. The van der Waals surface area contributed by atoms with E-state index < -0.39 is 43.9 Å². The number of aromatic nitrogens is 2. The molecule has 0 bridgehead atoms. The second kappa shape index (κ2) is 8.23. The molecule has 120 valence electrons. The fourth-order valence-electron chi connectivity index (χ4n) is 1.54. The Morgan fingerprint density at radius 3 is 2.05 bits per heavy atom. The van der Waals surface area contributed by atoms with E-state index in [1.54, 1.807) is 0 Å². The topological polar surface area (TPSA) is 107 Å². The van der Waals surface area contributed by atoms with E-state index in [1.807, 2.05) is 0 Å². The lowest BCUT2D eigenvalue weighted by molar-refractivity contribution is -0.0134. The third kappa shape index (κ3) is 4.88. The van der Waals surface area contributed by atoms with E-state index in [-0.39, 0.29) is 17.8 Å². The largest absolute Gasteiger partial charge is 0.393 e. The summed E-state index contributed by atoms with van der Waals surface area (Å²) in [6.07, 6.45) is -7.99. The number of alkyl halides is 3. The van der Waals surface area contributed by atoms with Gasteiger partial charge in [0.05, 0.1) is 36.9 Å².